The topological polar surface area (TPSA) is 81.4 Å². The fourth-order valence-electron chi connectivity index (χ4n) is 1.99. The maximum atomic E-state index is 12.1. The van der Waals surface area contributed by atoms with Gasteiger partial charge in [0.1, 0.15) is 5.56 Å². The van der Waals surface area contributed by atoms with Crippen molar-refractivity contribution in [1.29, 1.82) is 0 Å². The van der Waals surface area contributed by atoms with Gasteiger partial charge in [-0.25, -0.2) is 4.79 Å². The number of anilines is 2. The second-order valence-corrected chi connectivity index (χ2v) is 5.22. The van der Waals surface area contributed by atoms with Crippen molar-refractivity contribution < 1.29 is 14.3 Å². The summed E-state index contributed by atoms with van der Waals surface area (Å²) < 4.78 is 5.77. The van der Waals surface area contributed by atoms with Gasteiger partial charge in [0.2, 0.25) is 5.91 Å². The lowest BCUT2D eigenvalue weighted by molar-refractivity contribution is -0.116. The van der Waals surface area contributed by atoms with Crippen LogP contribution in [0.4, 0.5) is 11.4 Å². The molecule has 1 amide bonds. The van der Waals surface area contributed by atoms with E-state index in [1.165, 1.54) is 0 Å². The van der Waals surface area contributed by atoms with E-state index in [1.54, 1.807) is 0 Å². The van der Waals surface area contributed by atoms with Crippen molar-refractivity contribution >= 4 is 39.2 Å². The number of rotatable bonds is 3. The van der Waals surface area contributed by atoms with Crippen molar-refractivity contribution in [3.05, 3.63) is 21.7 Å². The van der Waals surface area contributed by atoms with Gasteiger partial charge in [-0.3, -0.25) is 4.79 Å². The standard InChI is InChI=1S/C13H15BrN2O3/c1-2-5-19-13(18)10-11(15)8(14)6-7-3-4-9(17)16-12(7)10/h6H,2-5,15H2,1H3,(H,16,17). The van der Waals surface area contributed by atoms with Crippen molar-refractivity contribution in [2.45, 2.75) is 26.2 Å². The molecule has 1 heterocycles. The van der Waals surface area contributed by atoms with E-state index in [-0.39, 0.29) is 11.5 Å². The predicted molar refractivity (Wildman–Crippen MR) is 76.1 cm³/mol. The monoisotopic (exact) mass is 326 g/mol. The molecule has 0 atom stereocenters. The highest BCUT2D eigenvalue weighted by Crippen LogP contribution is 2.36. The molecule has 1 aliphatic heterocycles. The summed E-state index contributed by atoms with van der Waals surface area (Å²) in [5.74, 6) is -0.613. The molecule has 1 aromatic rings. The van der Waals surface area contributed by atoms with E-state index in [0.717, 1.165) is 12.0 Å². The molecule has 0 aromatic heterocycles. The number of carbonyl (C=O) groups excluding carboxylic acids is 2. The number of nitrogen functional groups attached to an aromatic ring is 1. The maximum absolute atomic E-state index is 12.1. The van der Waals surface area contributed by atoms with Gasteiger partial charge >= 0.3 is 5.97 Å². The molecular formula is C13H15BrN2O3. The van der Waals surface area contributed by atoms with Crippen LogP contribution in [0.3, 0.4) is 0 Å². The predicted octanol–water partition coefficient (Wildman–Crippen LogP) is 2.48. The minimum absolute atomic E-state index is 0.112. The number of fused-ring (bicyclic) bond motifs is 1. The molecule has 0 unspecified atom stereocenters. The number of hydrogen-bond donors (Lipinski definition) is 2. The van der Waals surface area contributed by atoms with E-state index < -0.39 is 5.97 Å². The van der Waals surface area contributed by atoms with Gasteiger partial charge in [-0.2, -0.15) is 0 Å². The van der Waals surface area contributed by atoms with E-state index in [2.05, 4.69) is 21.2 Å². The van der Waals surface area contributed by atoms with Crippen LogP contribution in [0.2, 0.25) is 0 Å². The zero-order chi connectivity index (χ0) is 14.0. The molecular weight excluding hydrogens is 312 g/mol. The molecule has 0 bridgehead atoms. The summed E-state index contributed by atoms with van der Waals surface area (Å²) in [6.07, 6.45) is 1.73. The van der Waals surface area contributed by atoms with E-state index in [0.29, 0.717) is 35.3 Å². The fraction of sp³-hybridized carbons (Fsp3) is 0.385. The Morgan fingerprint density at radius 1 is 1.53 bits per heavy atom. The Balaban J connectivity index is 2.48. The Morgan fingerprint density at radius 3 is 2.95 bits per heavy atom. The number of nitrogens with one attached hydrogen (secondary N) is 1. The summed E-state index contributed by atoms with van der Waals surface area (Å²) in [5, 5.41) is 2.71. The zero-order valence-electron chi connectivity index (χ0n) is 10.6. The first-order valence-corrected chi connectivity index (χ1v) is 6.91. The summed E-state index contributed by atoms with van der Waals surface area (Å²) in [4.78, 5) is 23.6. The summed E-state index contributed by atoms with van der Waals surface area (Å²) in [7, 11) is 0. The first-order valence-electron chi connectivity index (χ1n) is 6.12. The lowest BCUT2D eigenvalue weighted by atomic mass is 9.97. The molecule has 1 aliphatic rings. The van der Waals surface area contributed by atoms with Gasteiger partial charge < -0.3 is 15.8 Å². The number of aryl methyl sites for hydroxylation is 1. The molecule has 0 fully saturated rings. The number of ether oxygens (including phenoxy) is 1. The van der Waals surface area contributed by atoms with Crippen LogP contribution in [0.5, 0.6) is 0 Å². The maximum Gasteiger partial charge on any atom is 0.342 e. The molecule has 19 heavy (non-hydrogen) atoms. The van der Waals surface area contributed by atoms with Crippen LogP contribution in [0.15, 0.2) is 10.5 Å². The second kappa shape index (κ2) is 5.61. The summed E-state index contributed by atoms with van der Waals surface area (Å²) in [5.41, 5.74) is 7.84. The van der Waals surface area contributed by atoms with E-state index in [4.69, 9.17) is 10.5 Å². The van der Waals surface area contributed by atoms with Crippen LogP contribution < -0.4 is 11.1 Å². The highest BCUT2D eigenvalue weighted by atomic mass is 79.9. The van der Waals surface area contributed by atoms with Gasteiger partial charge in [0.25, 0.3) is 0 Å². The van der Waals surface area contributed by atoms with Crippen molar-refractivity contribution in [2.24, 2.45) is 0 Å². The lowest BCUT2D eigenvalue weighted by Gasteiger charge is -2.21. The number of amides is 1. The average molecular weight is 327 g/mol. The zero-order valence-corrected chi connectivity index (χ0v) is 12.2. The summed E-state index contributed by atoms with van der Waals surface area (Å²) >= 11 is 3.33. The van der Waals surface area contributed by atoms with Crippen molar-refractivity contribution in [3.63, 3.8) is 0 Å². The van der Waals surface area contributed by atoms with Crippen LogP contribution in [-0.4, -0.2) is 18.5 Å². The van der Waals surface area contributed by atoms with E-state index >= 15 is 0 Å². The van der Waals surface area contributed by atoms with Crippen molar-refractivity contribution in [2.75, 3.05) is 17.7 Å². The summed E-state index contributed by atoms with van der Waals surface area (Å²) in [6, 6.07) is 1.83. The molecule has 1 aromatic carbocycles. The highest BCUT2D eigenvalue weighted by Gasteiger charge is 2.26. The van der Waals surface area contributed by atoms with Gasteiger partial charge in [-0.15, -0.1) is 0 Å². The minimum Gasteiger partial charge on any atom is -0.462 e. The molecule has 102 valence electrons. The molecule has 0 aliphatic carbocycles. The van der Waals surface area contributed by atoms with Gasteiger partial charge in [0, 0.05) is 10.9 Å². The Hall–Kier alpha value is -1.56. The largest absolute Gasteiger partial charge is 0.462 e. The van der Waals surface area contributed by atoms with Crippen LogP contribution in [0.25, 0.3) is 0 Å². The summed E-state index contributed by atoms with van der Waals surface area (Å²) in [6.45, 7) is 2.24. The number of esters is 1. The third kappa shape index (κ3) is 2.73. The third-order valence-electron chi connectivity index (χ3n) is 2.93. The van der Waals surface area contributed by atoms with Gasteiger partial charge in [0.05, 0.1) is 18.0 Å². The normalized spacial score (nSPS) is 13.7. The smallest absolute Gasteiger partial charge is 0.342 e. The first-order chi connectivity index (χ1) is 9.04. The Kier molecular flexibility index (Phi) is 4.09. The van der Waals surface area contributed by atoms with Crippen molar-refractivity contribution in [1.82, 2.24) is 0 Å². The van der Waals surface area contributed by atoms with Crippen LogP contribution >= 0.6 is 15.9 Å². The molecule has 0 radical (unpaired) electrons. The SMILES string of the molecule is CCCOC(=O)c1c(N)c(Br)cc2c1NC(=O)CC2. The molecule has 3 N–H and O–H groups in total. The molecule has 0 saturated carbocycles. The minimum atomic E-state index is -0.501. The van der Waals surface area contributed by atoms with Crippen LogP contribution in [-0.2, 0) is 16.0 Å². The first kappa shape index (κ1) is 13.9. The molecule has 0 saturated heterocycles. The second-order valence-electron chi connectivity index (χ2n) is 4.37. The molecule has 2 rings (SSSR count). The molecule has 5 nitrogen and oxygen atoms in total. The number of benzene rings is 1. The van der Waals surface area contributed by atoms with Gasteiger partial charge in [-0.05, 0) is 40.4 Å². The molecule has 6 heteroatoms. The van der Waals surface area contributed by atoms with Crippen LogP contribution in [0, 0.1) is 0 Å². The highest BCUT2D eigenvalue weighted by molar-refractivity contribution is 9.10. The van der Waals surface area contributed by atoms with Gasteiger partial charge in [-0.1, -0.05) is 6.92 Å². The third-order valence-corrected chi connectivity index (χ3v) is 3.58. The van der Waals surface area contributed by atoms with E-state index in [1.807, 2.05) is 13.0 Å². The van der Waals surface area contributed by atoms with Crippen molar-refractivity contribution in [3.8, 4) is 0 Å². The van der Waals surface area contributed by atoms with Crippen LogP contribution in [0.1, 0.15) is 35.7 Å². The lowest BCUT2D eigenvalue weighted by Crippen LogP contribution is -2.23. The number of carbonyl (C=O) groups is 2. The molecule has 0 spiro atoms. The quantitative estimate of drug-likeness (QED) is 0.660. The number of halogens is 1. The Labute approximate surface area is 119 Å². The number of hydrogen-bond acceptors (Lipinski definition) is 4. The number of nitrogens with two attached hydrogens (primary N) is 1. The average Bonchev–Trinajstić information content (AvgIpc) is 2.38. The van der Waals surface area contributed by atoms with E-state index in [9.17, 15) is 9.59 Å². The Bertz CT molecular complexity index is 543. The Morgan fingerprint density at radius 2 is 2.26 bits per heavy atom. The fourth-order valence-corrected chi connectivity index (χ4v) is 2.46. The van der Waals surface area contributed by atoms with Gasteiger partial charge in [0.15, 0.2) is 0 Å².